The Morgan fingerprint density at radius 1 is 1.42 bits per heavy atom. The number of amides is 1. The number of hydrogen-bond acceptors (Lipinski definition) is 4. The normalized spacial score (nSPS) is 33.1. The molecule has 5 heteroatoms. The molecule has 0 aromatic carbocycles. The third-order valence-electron chi connectivity index (χ3n) is 3.99. The predicted molar refractivity (Wildman–Crippen MR) is 72.8 cm³/mol. The lowest BCUT2D eigenvalue weighted by Crippen LogP contribution is -2.46. The van der Waals surface area contributed by atoms with Crippen LogP contribution >= 0.6 is 0 Å². The van der Waals surface area contributed by atoms with E-state index in [-0.39, 0.29) is 24.1 Å². The average Bonchev–Trinajstić information content (AvgIpc) is 2.89. The van der Waals surface area contributed by atoms with Crippen molar-refractivity contribution in [3.63, 3.8) is 0 Å². The number of nitrogens with two attached hydrogens (primary N) is 1. The number of hydrogen-bond donors (Lipinski definition) is 2. The van der Waals surface area contributed by atoms with Crippen molar-refractivity contribution in [3.8, 4) is 0 Å². The Hall–Kier alpha value is -0.650. The van der Waals surface area contributed by atoms with Crippen LogP contribution in [0, 0.1) is 0 Å². The van der Waals surface area contributed by atoms with Gasteiger partial charge in [-0.3, -0.25) is 4.79 Å². The molecule has 110 valence electrons. The van der Waals surface area contributed by atoms with E-state index in [0.717, 1.165) is 45.1 Å². The van der Waals surface area contributed by atoms with Crippen LogP contribution in [0.4, 0.5) is 0 Å². The highest BCUT2D eigenvalue weighted by Crippen LogP contribution is 2.17. The maximum Gasteiger partial charge on any atom is 0.249 e. The van der Waals surface area contributed by atoms with Crippen molar-refractivity contribution in [2.24, 2.45) is 5.73 Å². The highest BCUT2D eigenvalue weighted by molar-refractivity contribution is 5.80. The topological polar surface area (TPSA) is 73.6 Å². The van der Waals surface area contributed by atoms with Crippen LogP contribution in [0.2, 0.25) is 0 Å². The molecule has 0 aromatic heterocycles. The van der Waals surface area contributed by atoms with Gasteiger partial charge in [0.05, 0.1) is 12.7 Å². The highest BCUT2D eigenvalue weighted by atomic mass is 16.5. The molecule has 2 aliphatic rings. The summed E-state index contributed by atoms with van der Waals surface area (Å²) in [5, 5.41) is 3.04. The summed E-state index contributed by atoms with van der Waals surface area (Å²) in [6, 6.07) is 0.437. The van der Waals surface area contributed by atoms with E-state index in [4.69, 9.17) is 15.2 Å². The number of carbonyl (C=O) groups excluding carboxylic acids is 1. The SMILES string of the molecule is CC(OCC1CCCO1)C(=O)NC1CCCC(N)C1. The van der Waals surface area contributed by atoms with Gasteiger partial charge < -0.3 is 20.5 Å². The summed E-state index contributed by atoms with van der Waals surface area (Å²) in [6.45, 7) is 3.13. The van der Waals surface area contributed by atoms with E-state index < -0.39 is 6.10 Å². The Kier molecular flexibility index (Phi) is 5.60. The standard InChI is InChI=1S/C14H26N2O3/c1-10(19-9-13-6-3-7-18-13)14(17)16-12-5-2-4-11(15)8-12/h10-13H,2-9,15H2,1H3,(H,16,17). The first-order valence-electron chi connectivity index (χ1n) is 7.44. The first-order valence-corrected chi connectivity index (χ1v) is 7.44. The van der Waals surface area contributed by atoms with Crippen LogP contribution < -0.4 is 11.1 Å². The molecule has 3 N–H and O–H groups in total. The van der Waals surface area contributed by atoms with Gasteiger partial charge in [-0.25, -0.2) is 0 Å². The lowest BCUT2D eigenvalue weighted by atomic mass is 9.91. The molecule has 0 radical (unpaired) electrons. The lowest BCUT2D eigenvalue weighted by molar-refractivity contribution is -0.134. The molecular formula is C14H26N2O3. The van der Waals surface area contributed by atoms with E-state index in [0.29, 0.717) is 6.61 Å². The minimum absolute atomic E-state index is 0.0305. The Labute approximate surface area is 115 Å². The number of rotatable bonds is 5. The number of nitrogens with one attached hydrogen (secondary N) is 1. The summed E-state index contributed by atoms with van der Waals surface area (Å²) in [4.78, 5) is 12.0. The van der Waals surface area contributed by atoms with Crippen molar-refractivity contribution in [2.75, 3.05) is 13.2 Å². The molecule has 0 bridgehead atoms. The number of carbonyl (C=O) groups is 1. The van der Waals surface area contributed by atoms with Crippen molar-refractivity contribution in [3.05, 3.63) is 0 Å². The molecule has 19 heavy (non-hydrogen) atoms. The van der Waals surface area contributed by atoms with Gasteiger partial charge in [0, 0.05) is 18.7 Å². The molecular weight excluding hydrogens is 244 g/mol. The van der Waals surface area contributed by atoms with Crippen molar-refractivity contribution in [1.82, 2.24) is 5.32 Å². The van der Waals surface area contributed by atoms with Crippen LogP contribution in [0.15, 0.2) is 0 Å². The van der Waals surface area contributed by atoms with E-state index in [1.165, 1.54) is 0 Å². The fraction of sp³-hybridized carbons (Fsp3) is 0.929. The van der Waals surface area contributed by atoms with E-state index in [1.54, 1.807) is 6.92 Å². The van der Waals surface area contributed by atoms with E-state index in [1.807, 2.05) is 0 Å². The molecule has 0 aromatic rings. The Balaban J connectivity index is 1.66. The third-order valence-corrected chi connectivity index (χ3v) is 3.99. The van der Waals surface area contributed by atoms with Crippen LogP contribution in [0.5, 0.6) is 0 Å². The molecule has 4 unspecified atom stereocenters. The number of ether oxygens (including phenoxy) is 2. The average molecular weight is 270 g/mol. The molecule has 2 rings (SSSR count). The summed E-state index contributed by atoms with van der Waals surface area (Å²) >= 11 is 0. The first-order chi connectivity index (χ1) is 9.15. The predicted octanol–water partition coefficient (Wildman–Crippen LogP) is 0.957. The molecule has 1 aliphatic carbocycles. The minimum atomic E-state index is -0.414. The van der Waals surface area contributed by atoms with Gasteiger partial charge in [-0.05, 0) is 45.4 Å². The van der Waals surface area contributed by atoms with Gasteiger partial charge >= 0.3 is 0 Å². The smallest absolute Gasteiger partial charge is 0.249 e. The van der Waals surface area contributed by atoms with Gasteiger partial charge in [0.1, 0.15) is 6.10 Å². The molecule has 1 aliphatic heterocycles. The largest absolute Gasteiger partial charge is 0.376 e. The van der Waals surface area contributed by atoms with Gasteiger partial charge in [-0.1, -0.05) is 0 Å². The summed E-state index contributed by atoms with van der Waals surface area (Å²) in [5.74, 6) is -0.0305. The lowest BCUT2D eigenvalue weighted by Gasteiger charge is -2.28. The summed E-state index contributed by atoms with van der Waals surface area (Å²) in [6.07, 6.45) is 5.94. The maximum absolute atomic E-state index is 12.0. The summed E-state index contributed by atoms with van der Waals surface area (Å²) in [5.41, 5.74) is 5.92. The van der Waals surface area contributed by atoms with Crippen LogP contribution in [0.25, 0.3) is 0 Å². The Bertz CT molecular complexity index is 292. The molecule has 4 atom stereocenters. The molecule has 1 saturated heterocycles. The molecule has 1 saturated carbocycles. The zero-order valence-corrected chi connectivity index (χ0v) is 11.8. The zero-order valence-electron chi connectivity index (χ0n) is 11.8. The van der Waals surface area contributed by atoms with Gasteiger partial charge in [0.15, 0.2) is 0 Å². The molecule has 2 fully saturated rings. The fourth-order valence-corrected chi connectivity index (χ4v) is 2.78. The third kappa shape index (κ3) is 4.75. The second-order valence-corrected chi connectivity index (χ2v) is 5.74. The van der Waals surface area contributed by atoms with Crippen LogP contribution in [-0.2, 0) is 14.3 Å². The Morgan fingerprint density at radius 2 is 2.26 bits per heavy atom. The summed E-state index contributed by atoms with van der Waals surface area (Å²) < 4.78 is 11.1. The van der Waals surface area contributed by atoms with E-state index in [2.05, 4.69) is 5.32 Å². The van der Waals surface area contributed by atoms with E-state index >= 15 is 0 Å². The Morgan fingerprint density at radius 3 is 2.95 bits per heavy atom. The summed E-state index contributed by atoms with van der Waals surface area (Å²) in [7, 11) is 0. The maximum atomic E-state index is 12.0. The molecule has 1 amide bonds. The van der Waals surface area contributed by atoms with Crippen LogP contribution in [-0.4, -0.2) is 43.4 Å². The van der Waals surface area contributed by atoms with Gasteiger partial charge in [-0.15, -0.1) is 0 Å². The zero-order chi connectivity index (χ0) is 13.7. The molecule has 1 heterocycles. The fourth-order valence-electron chi connectivity index (χ4n) is 2.78. The van der Waals surface area contributed by atoms with Crippen molar-refractivity contribution in [2.45, 2.75) is 69.7 Å². The van der Waals surface area contributed by atoms with Gasteiger partial charge in [0.2, 0.25) is 5.91 Å². The monoisotopic (exact) mass is 270 g/mol. The van der Waals surface area contributed by atoms with Crippen LogP contribution in [0.3, 0.4) is 0 Å². The van der Waals surface area contributed by atoms with E-state index in [9.17, 15) is 4.79 Å². The van der Waals surface area contributed by atoms with Crippen molar-refractivity contribution >= 4 is 5.91 Å². The molecule has 5 nitrogen and oxygen atoms in total. The quantitative estimate of drug-likeness (QED) is 0.780. The van der Waals surface area contributed by atoms with Crippen molar-refractivity contribution in [1.29, 1.82) is 0 Å². The second-order valence-electron chi connectivity index (χ2n) is 5.74. The highest BCUT2D eigenvalue weighted by Gasteiger charge is 2.24. The first kappa shape index (κ1) is 14.8. The van der Waals surface area contributed by atoms with Crippen LogP contribution in [0.1, 0.15) is 45.4 Å². The van der Waals surface area contributed by atoms with Gasteiger partial charge in [0.25, 0.3) is 0 Å². The second kappa shape index (κ2) is 7.22. The van der Waals surface area contributed by atoms with Crippen molar-refractivity contribution < 1.29 is 14.3 Å². The van der Waals surface area contributed by atoms with Gasteiger partial charge in [-0.2, -0.15) is 0 Å². The minimum Gasteiger partial charge on any atom is -0.376 e. The molecule has 0 spiro atoms.